The number of nitrogens with zero attached hydrogens (tertiary/aromatic N) is 1. The number of anilines is 1. The molecule has 0 saturated carbocycles. The van der Waals surface area contributed by atoms with Crippen molar-refractivity contribution in [1.82, 2.24) is 4.98 Å². The van der Waals surface area contributed by atoms with Crippen LogP contribution in [-0.2, 0) is 4.74 Å². The number of amides is 1. The Morgan fingerprint density at radius 2 is 1.88 bits per heavy atom. The Hall–Kier alpha value is -2.99. The van der Waals surface area contributed by atoms with Crippen molar-refractivity contribution in [3.05, 3.63) is 71.2 Å². The maximum atomic E-state index is 12.5. The number of pyridine rings is 1. The number of methoxy groups -OCH3 is 1. The third kappa shape index (κ3) is 3.33. The van der Waals surface area contributed by atoms with Gasteiger partial charge in [-0.2, -0.15) is 0 Å². The topological polar surface area (TPSA) is 68.3 Å². The maximum Gasteiger partial charge on any atom is 0.337 e. The van der Waals surface area contributed by atoms with Crippen LogP contribution in [0, 0.1) is 0 Å². The Morgan fingerprint density at radius 3 is 2.54 bits per heavy atom. The predicted octanol–water partition coefficient (Wildman–Crippen LogP) is 3.85. The largest absolute Gasteiger partial charge is 0.465 e. The zero-order chi connectivity index (χ0) is 16.9. The minimum absolute atomic E-state index is 0.220. The Balaban J connectivity index is 1.79. The summed E-state index contributed by atoms with van der Waals surface area (Å²) < 4.78 is 4.65. The molecule has 0 fully saturated rings. The maximum absolute atomic E-state index is 12.5. The Morgan fingerprint density at radius 1 is 1.08 bits per heavy atom. The highest BCUT2D eigenvalue weighted by Crippen LogP contribution is 2.28. The first-order valence-electron chi connectivity index (χ1n) is 7.17. The lowest BCUT2D eigenvalue weighted by atomic mass is 10.1. The first kappa shape index (κ1) is 15.9. The molecular weight excluding hydrogens is 324 g/mol. The summed E-state index contributed by atoms with van der Waals surface area (Å²) in [6, 6.07) is 13.9. The summed E-state index contributed by atoms with van der Waals surface area (Å²) in [6.45, 7) is 0. The second-order valence-corrected chi connectivity index (χ2v) is 5.82. The predicted molar refractivity (Wildman–Crippen MR) is 93.3 cm³/mol. The number of benzene rings is 1. The third-order valence-corrected chi connectivity index (χ3v) is 4.31. The fourth-order valence-electron chi connectivity index (χ4n) is 2.19. The molecule has 0 atom stereocenters. The Kier molecular flexibility index (Phi) is 4.67. The van der Waals surface area contributed by atoms with Crippen LogP contribution >= 0.6 is 11.3 Å². The number of ether oxygens (including phenoxy) is 1. The smallest absolute Gasteiger partial charge is 0.337 e. The van der Waals surface area contributed by atoms with Gasteiger partial charge < -0.3 is 10.1 Å². The molecule has 2 heterocycles. The van der Waals surface area contributed by atoms with E-state index in [9.17, 15) is 9.59 Å². The SMILES string of the molecule is COC(=O)c1ccc(NC(=O)c2ccsc2-c2ccccn2)cc1. The number of aromatic nitrogens is 1. The standard InChI is InChI=1S/C18H14N2O3S/c1-23-18(22)12-5-7-13(8-6-12)20-17(21)14-9-11-24-16(14)15-4-2-3-10-19-15/h2-11H,1H3,(H,20,21). The van der Waals surface area contributed by atoms with Gasteiger partial charge in [-0.15, -0.1) is 11.3 Å². The van der Waals surface area contributed by atoms with Crippen LogP contribution in [0.3, 0.4) is 0 Å². The van der Waals surface area contributed by atoms with Crippen molar-refractivity contribution >= 4 is 28.9 Å². The first-order chi connectivity index (χ1) is 11.7. The van der Waals surface area contributed by atoms with Crippen LogP contribution in [0.4, 0.5) is 5.69 Å². The van der Waals surface area contributed by atoms with E-state index in [0.717, 1.165) is 10.6 Å². The number of hydrogen-bond acceptors (Lipinski definition) is 5. The molecule has 0 radical (unpaired) electrons. The van der Waals surface area contributed by atoms with Crippen LogP contribution in [0.5, 0.6) is 0 Å². The molecule has 120 valence electrons. The summed E-state index contributed by atoms with van der Waals surface area (Å²) in [6.07, 6.45) is 1.70. The van der Waals surface area contributed by atoms with E-state index in [0.29, 0.717) is 16.8 Å². The molecule has 2 aromatic heterocycles. The summed E-state index contributed by atoms with van der Waals surface area (Å²) in [4.78, 5) is 29.1. The van der Waals surface area contributed by atoms with Crippen molar-refractivity contribution < 1.29 is 14.3 Å². The van der Waals surface area contributed by atoms with E-state index in [2.05, 4.69) is 15.0 Å². The van der Waals surface area contributed by atoms with Crippen molar-refractivity contribution in [3.8, 4) is 10.6 Å². The summed E-state index contributed by atoms with van der Waals surface area (Å²) in [7, 11) is 1.33. The normalized spacial score (nSPS) is 10.2. The molecule has 0 unspecified atom stereocenters. The van der Waals surface area contributed by atoms with Gasteiger partial charge in [0.2, 0.25) is 0 Å². The molecule has 6 heteroatoms. The highest BCUT2D eigenvalue weighted by molar-refractivity contribution is 7.14. The van der Waals surface area contributed by atoms with Crippen molar-refractivity contribution in [2.24, 2.45) is 0 Å². The molecule has 0 saturated heterocycles. The number of carbonyl (C=O) groups excluding carboxylic acids is 2. The molecule has 24 heavy (non-hydrogen) atoms. The lowest BCUT2D eigenvalue weighted by Crippen LogP contribution is -2.12. The monoisotopic (exact) mass is 338 g/mol. The van der Waals surface area contributed by atoms with Crippen LogP contribution in [0.25, 0.3) is 10.6 Å². The van der Waals surface area contributed by atoms with E-state index in [1.807, 2.05) is 23.6 Å². The Bertz CT molecular complexity index is 857. The zero-order valence-electron chi connectivity index (χ0n) is 12.9. The summed E-state index contributed by atoms with van der Waals surface area (Å²) in [5, 5.41) is 4.69. The van der Waals surface area contributed by atoms with Gasteiger partial charge in [0.1, 0.15) is 0 Å². The molecule has 0 aliphatic carbocycles. The quantitative estimate of drug-likeness (QED) is 0.734. The average Bonchev–Trinajstić information content (AvgIpc) is 3.12. The van der Waals surface area contributed by atoms with Gasteiger partial charge in [0.25, 0.3) is 5.91 Å². The summed E-state index contributed by atoms with van der Waals surface area (Å²) in [5.41, 5.74) is 2.36. The number of rotatable bonds is 4. The van der Waals surface area contributed by atoms with E-state index >= 15 is 0 Å². The van der Waals surface area contributed by atoms with Crippen molar-refractivity contribution in [2.45, 2.75) is 0 Å². The van der Waals surface area contributed by atoms with E-state index in [-0.39, 0.29) is 5.91 Å². The highest BCUT2D eigenvalue weighted by atomic mass is 32.1. The van der Waals surface area contributed by atoms with Crippen LogP contribution in [-0.4, -0.2) is 24.0 Å². The lowest BCUT2D eigenvalue weighted by molar-refractivity contribution is 0.0600. The van der Waals surface area contributed by atoms with Gasteiger partial charge in [-0.1, -0.05) is 6.07 Å². The number of nitrogens with one attached hydrogen (secondary N) is 1. The minimum Gasteiger partial charge on any atom is -0.465 e. The number of esters is 1. The zero-order valence-corrected chi connectivity index (χ0v) is 13.7. The Labute approximate surface area is 142 Å². The molecule has 0 aliphatic rings. The molecule has 1 amide bonds. The third-order valence-electron chi connectivity index (χ3n) is 3.37. The summed E-state index contributed by atoms with van der Waals surface area (Å²) in [5.74, 6) is -0.633. The molecular formula is C18H14N2O3S. The van der Waals surface area contributed by atoms with Crippen LogP contribution in [0.15, 0.2) is 60.1 Å². The first-order valence-corrected chi connectivity index (χ1v) is 8.05. The lowest BCUT2D eigenvalue weighted by Gasteiger charge is -2.07. The highest BCUT2D eigenvalue weighted by Gasteiger charge is 2.15. The number of hydrogen-bond donors (Lipinski definition) is 1. The van der Waals surface area contributed by atoms with Gasteiger partial charge in [-0.05, 0) is 47.8 Å². The van der Waals surface area contributed by atoms with E-state index in [1.54, 1.807) is 36.5 Å². The van der Waals surface area contributed by atoms with Gasteiger partial charge in [0, 0.05) is 11.9 Å². The van der Waals surface area contributed by atoms with Gasteiger partial charge in [-0.25, -0.2) is 4.79 Å². The number of carbonyl (C=O) groups is 2. The minimum atomic E-state index is -0.414. The summed E-state index contributed by atoms with van der Waals surface area (Å²) >= 11 is 1.47. The molecule has 5 nitrogen and oxygen atoms in total. The molecule has 1 N–H and O–H groups in total. The van der Waals surface area contributed by atoms with Gasteiger partial charge in [-0.3, -0.25) is 9.78 Å². The molecule has 0 aliphatic heterocycles. The fraction of sp³-hybridized carbons (Fsp3) is 0.0556. The van der Waals surface area contributed by atoms with Crippen LogP contribution in [0.1, 0.15) is 20.7 Å². The van der Waals surface area contributed by atoms with Crippen molar-refractivity contribution in [3.63, 3.8) is 0 Å². The van der Waals surface area contributed by atoms with E-state index in [4.69, 9.17) is 0 Å². The van der Waals surface area contributed by atoms with Gasteiger partial charge in [0.15, 0.2) is 0 Å². The molecule has 0 spiro atoms. The van der Waals surface area contributed by atoms with E-state index < -0.39 is 5.97 Å². The van der Waals surface area contributed by atoms with Crippen molar-refractivity contribution in [1.29, 1.82) is 0 Å². The molecule has 3 rings (SSSR count). The molecule has 1 aromatic carbocycles. The average molecular weight is 338 g/mol. The second kappa shape index (κ2) is 7.06. The molecule has 0 bridgehead atoms. The van der Waals surface area contributed by atoms with Crippen molar-refractivity contribution in [2.75, 3.05) is 12.4 Å². The van der Waals surface area contributed by atoms with Gasteiger partial charge in [0.05, 0.1) is 28.8 Å². The van der Waals surface area contributed by atoms with E-state index in [1.165, 1.54) is 18.4 Å². The second-order valence-electron chi connectivity index (χ2n) is 4.90. The van der Waals surface area contributed by atoms with Crippen LogP contribution in [0.2, 0.25) is 0 Å². The molecule has 3 aromatic rings. The fourth-order valence-corrected chi connectivity index (χ4v) is 3.06. The number of thiophene rings is 1. The van der Waals surface area contributed by atoms with Gasteiger partial charge >= 0.3 is 5.97 Å². The van der Waals surface area contributed by atoms with Crippen LogP contribution < -0.4 is 5.32 Å².